The Morgan fingerprint density at radius 1 is 1.05 bits per heavy atom. The third-order valence-electron chi connectivity index (χ3n) is 2.58. The van der Waals surface area contributed by atoms with Gasteiger partial charge in [-0.25, -0.2) is 23.1 Å². The SMILES string of the molecule is Cc1ccc(S(=O)(=O)Nc2nc(C)cc(C)n2)c(Br)c1. The van der Waals surface area contributed by atoms with Crippen molar-refractivity contribution in [1.29, 1.82) is 0 Å². The van der Waals surface area contributed by atoms with Gasteiger partial charge in [0.1, 0.15) is 4.90 Å². The summed E-state index contributed by atoms with van der Waals surface area (Å²) in [6.45, 7) is 5.46. The van der Waals surface area contributed by atoms with Crippen LogP contribution in [0.2, 0.25) is 0 Å². The molecule has 5 nitrogen and oxygen atoms in total. The van der Waals surface area contributed by atoms with Gasteiger partial charge in [0.25, 0.3) is 10.0 Å². The van der Waals surface area contributed by atoms with Gasteiger partial charge in [0, 0.05) is 15.9 Å². The summed E-state index contributed by atoms with van der Waals surface area (Å²) in [5, 5.41) is 0. The third-order valence-corrected chi connectivity index (χ3v) is 4.89. The van der Waals surface area contributed by atoms with Crippen LogP contribution in [0.5, 0.6) is 0 Å². The molecule has 0 aliphatic carbocycles. The van der Waals surface area contributed by atoms with Crippen LogP contribution in [0, 0.1) is 20.8 Å². The molecule has 2 rings (SSSR count). The Bertz CT molecular complexity index is 740. The number of aryl methyl sites for hydroxylation is 3. The first-order valence-corrected chi connectivity index (χ1v) is 8.17. The van der Waals surface area contributed by atoms with Gasteiger partial charge in [-0.05, 0) is 60.5 Å². The second-order valence-corrected chi connectivity index (χ2v) is 7.02. The van der Waals surface area contributed by atoms with E-state index in [1.54, 1.807) is 38.1 Å². The molecule has 1 aromatic carbocycles. The zero-order valence-corrected chi connectivity index (χ0v) is 13.7. The van der Waals surface area contributed by atoms with Gasteiger partial charge in [-0.1, -0.05) is 6.07 Å². The number of benzene rings is 1. The molecule has 1 N–H and O–H groups in total. The number of hydrogen-bond donors (Lipinski definition) is 1. The average Bonchev–Trinajstić information content (AvgIpc) is 2.25. The number of rotatable bonds is 3. The van der Waals surface area contributed by atoms with Gasteiger partial charge in [-0.15, -0.1) is 0 Å². The molecule has 0 aliphatic rings. The van der Waals surface area contributed by atoms with Gasteiger partial charge in [0.2, 0.25) is 5.95 Å². The molecule has 0 radical (unpaired) electrons. The van der Waals surface area contributed by atoms with Gasteiger partial charge in [0.15, 0.2) is 0 Å². The standard InChI is InChI=1S/C13H14BrN3O2S/c1-8-4-5-12(11(14)6-8)20(18,19)17-13-15-9(2)7-10(3)16-13/h4-7H,1-3H3,(H,15,16,17). The molecule has 0 bridgehead atoms. The lowest BCUT2D eigenvalue weighted by Gasteiger charge is -2.09. The minimum atomic E-state index is -3.72. The molecule has 7 heteroatoms. The van der Waals surface area contributed by atoms with Crippen LogP contribution in [-0.2, 0) is 10.0 Å². The van der Waals surface area contributed by atoms with Crippen LogP contribution in [0.25, 0.3) is 0 Å². The van der Waals surface area contributed by atoms with E-state index < -0.39 is 10.0 Å². The summed E-state index contributed by atoms with van der Waals surface area (Å²) in [4.78, 5) is 8.31. The van der Waals surface area contributed by atoms with Gasteiger partial charge >= 0.3 is 0 Å². The second-order valence-electron chi connectivity index (χ2n) is 4.51. The molecule has 20 heavy (non-hydrogen) atoms. The van der Waals surface area contributed by atoms with Crippen molar-refractivity contribution in [2.75, 3.05) is 4.72 Å². The van der Waals surface area contributed by atoms with Crippen LogP contribution in [-0.4, -0.2) is 18.4 Å². The van der Waals surface area contributed by atoms with Crippen LogP contribution < -0.4 is 4.72 Å². The number of anilines is 1. The highest BCUT2D eigenvalue weighted by atomic mass is 79.9. The summed E-state index contributed by atoms with van der Waals surface area (Å²) >= 11 is 3.27. The van der Waals surface area contributed by atoms with Crippen LogP contribution in [0.1, 0.15) is 17.0 Å². The highest BCUT2D eigenvalue weighted by molar-refractivity contribution is 9.10. The number of aromatic nitrogens is 2. The van der Waals surface area contributed by atoms with E-state index >= 15 is 0 Å². The lowest BCUT2D eigenvalue weighted by atomic mass is 10.2. The number of nitrogens with one attached hydrogen (secondary N) is 1. The fraction of sp³-hybridized carbons (Fsp3) is 0.231. The number of nitrogens with zero attached hydrogens (tertiary/aromatic N) is 2. The summed E-state index contributed by atoms with van der Waals surface area (Å²) in [5.74, 6) is 0.0787. The summed E-state index contributed by atoms with van der Waals surface area (Å²) in [5.41, 5.74) is 2.38. The maximum absolute atomic E-state index is 12.3. The van der Waals surface area contributed by atoms with Crippen molar-refractivity contribution in [2.24, 2.45) is 0 Å². The molecule has 0 amide bonds. The maximum Gasteiger partial charge on any atom is 0.265 e. The Hall–Kier alpha value is -1.47. The molecular formula is C13H14BrN3O2S. The maximum atomic E-state index is 12.3. The lowest BCUT2D eigenvalue weighted by molar-refractivity contribution is 0.600. The minimum absolute atomic E-state index is 0.0787. The molecule has 0 atom stereocenters. The second kappa shape index (κ2) is 5.49. The van der Waals surface area contributed by atoms with E-state index in [1.165, 1.54) is 0 Å². The van der Waals surface area contributed by atoms with E-state index in [9.17, 15) is 8.42 Å². The topological polar surface area (TPSA) is 72.0 Å². The zero-order chi connectivity index (χ0) is 14.9. The first kappa shape index (κ1) is 14.9. The van der Waals surface area contributed by atoms with E-state index in [4.69, 9.17) is 0 Å². The Morgan fingerprint density at radius 3 is 2.20 bits per heavy atom. The Balaban J connectivity index is 2.40. The minimum Gasteiger partial charge on any atom is -0.247 e. The van der Waals surface area contributed by atoms with Crippen molar-refractivity contribution in [1.82, 2.24) is 9.97 Å². The van der Waals surface area contributed by atoms with E-state index in [-0.39, 0.29) is 10.8 Å². The van der Waals surface area contributed by atoms with Crippen molar-refractivity contribution in [3.05, 3.63) is 45.7 Å². The quantitative estimate of drug-likeness (QED) is 0.918. The van der Waals surface area contributed by atoms with Crippen LogP contribution >= 0.6 is 15.9 Å². The predicted molar refractivity (Wildman–Crippen MR) is 81.2 cm³/mol. The van der Waals surface area contributed by atoms with Crippen LogP contribution in [0.15, 0.2) is 33.6 Å². The van der Waals surface area contributed by atoms with Crippen molar-refractivity contribution in [3.8, 4) is 0 Å². The largest absolute Gasteiger partial charge is 0.265 e. The normalized spacial score (nSPS) is 11.4. The molecule has 0 fully saturated rings. The average molecular weight is 356 g/mol. The Labute approximate surface area is 126 Å². The molecule has 1 heterocycles. The highest BCUT2D eigenvalue weighted by Crippen LogP contribution is 2.24. The zero-order valence-electron chi connectivity index (χ0n) is 11.3. The number of hydrogen-bond acceptors (Lipinski definition) is 4. The Kier molecular flexibility index (Phi) is 4.10. The van der Waals surface area contributed by atoms with Gasteiger partial charge < -0.3 is 0 Å². The molecule has 106 valence electrons. The first-order chi connectivity index (χ1) is 9.28. The van der Waals surface area contributed by atoms with Crippen LogP contribution in [0.3, 0.4) is 0 Å². The molecule has 0 unspecified atom stereocenters. The van der Waals surface area contributed by atoms with Gasteiger partial charge in [-0.2, -0.15) is 0 Å². The van der Waals surface area contributed by atoms with E-state index in [2.05, 4.69) is 30.6 Å². The molecule has 0 saturated carbocycles. The molecular weight excluding hydrogens is 342 g/mol. The van der Waals surface area contributed by atoms with E-state index in [1.807, 2.05) is 6.92 Å². The highest BCUT2D eigenvalue weighted by Gasteiger charge is 2.19. The van der Waals surface area contributed by atoms with E-state index in [0.717, 1.165) is 5.56 Å². The Morgan fingerprint density at radius 2 is 1.65 bits per heavy atom. The van der Waals surface area contributed by atoms with Crippen molar-refractivity contribution in [3.63, 3.8) is 0 Å². The molecule has 1 aromatic heterocycles. The van der Waals surface area contributed by atoms with E-state index in [0.29, 0.717) is 15.9 Å². The van der Waals surface area contributed by atoms with Gasteiger partial charge in [0.05, 0.1) is 0 Å². The smallest absolute Gasteiger partial charge is 0.247 e. The number of sulfonamides is 1. The summed E-state index contributed by atoms with van der Waals surface area (Å²) in [7, 11) is -3.72. The lowest BCUT2D eigenvalue weighted by Crippen LogP contribution is -2.16. The van der Waals surface area contributed by atoms with Crippen molar-refractivity contribution in [2.45, 2.75) is 25.7 Å². The number of halogens is 1. The van der Waals surface area contributed by atoms with Crippen LogP contribution in [0.4, 0.5) is 5.95 Å². The molecule has 0 spiro atoms. The molecule has 0 saturated heterocycles. The fourth-order valence-corrected chi connectivity index (χ4v) is 3.91. The first-order valence-electron chi connectivity index (χ1n) is 5.89. The summed E-state index contributed by atoms with van der Waals surface area (Å²) in [6, 6.07) is 6.81. The summed E-state index contributed by atoms with van der Waals surface area (Å²) < 4.78 is 27.6. The molecule has 0 aliphatic heterocycles. The molecule has 2 aromatic rings. The summed E-state index contributed by atoms with van der Waals surface area (Å²) in [6.07, 6.45) is 0. The fourth-order valence-electron chi connectivity index (χ4n) is 1.77. The van der Waals surface area contributed by atoms with Crippen molar-refractivity contribution >= 4 is 31.9 Å². The van der Waals surface area contributed by atoms with Crippen molar-refractivity contribution < 1.29 is 8.42 Å². The predicted octanol–water partition coefficient (Wildman–Crippen LogP) is 2.97. The van der Waals surface area contributed by atoms with Gasteiger partial charge in [-0.3, -0.25) is 0 Å². The third kappa shape index (κ3) is 3.34. The monoisotopic (exact) mass is 355 g/mol.